The third-order valence-corrected chi connectivity index (χ3v) is 4.67. The van der Waals surface area contributed by atoms with Gasteiger partial charge in [-0.1, -0.05) is 6.07 Å². The number of hydrogen-bond donors (Lipinski definition) is 0. The minimum atomic E-state index is -0.577. The second kappa shape index (κ2) is 8.24. The fourth-order valence-electron chi connectivity index (χ4n) is 3.09. The third-order valence-electron chi connectivity index (χ3n) is 4.67. The number of carbonyl (C=O) groups is 1. The number of aromatic nitrogens is 2. The van der Waals surface area contributed by atoms with E-state index in [0.29, 0.717) is 24.6 Å². The van der Waals surface area contributed by atoms with Crippen molar-refractivity contribution >= 4 is 11.7 Å². The summed E-state index contributed by atoms with van der Waals surface area (Å²) in [6, 6.07) is 9.59. The van der Waals surface area contributed by atoms with Gasteiger partial charge in [-0.15, -0.1) is 5.10 Å². The molecule has 2 heterocycles. The molecule has 0 radical (unpaired) electrons. The lowest BCUT2D eigenvalue weighted by atomic mass is 10.2. The summed E-state index contributed by atoms with van der Waals surface area (Å²) in [6.07, 6.45) is -0.577. The predicted molar refractivity (Wildman–Crippen MR) is 103 cm³/mol. The molecule has 1 aromatic carbocycles. The summed E-state index contributed by atoms with van der Waals surface area (Å²) >= 11 is 0. The van der Waals surface area contributed by atoms with Crippen LogP contribution >= 0.6 is 0 Å². The molecule has 0 aliphatic carbocycles. The molecule has 0 spiro atoms. The summed E-state index contributed by atoms with van der Waals surface area (Å²) in [6.45, 7) is 8.39. The SMILES string of the molecule is COc1cc(C)ccc1OC(C)C(=O)N1CCN(c2ccc(C)nn2)CC1. The molecule has 1 aliphatic heterocycles. The lowest BCUT2D eigenvalue weighted by Crippen LogP contribution is -2.52. The van der Waals surface area contributed by atoms with Gasteiger partial charge >= 0.3 is 0 Å². The number of anilines is 1. The van der Waals surface area contributed by atoms with Gasteiger partial charge in [-0.05, 0) is 50.6 Å². The van der Waals surface area contributed by atoms with Crippen molar-refractivity contribution in [3.63, 3.8) is 0 Å². The summed E-state index contributed by atoms with van der Waals surface area (Å²) in [5, 5.41) is 8.32. The molecule has 1 aliphatic rings. The lowest BCUT2D eigenvalue weighted by Gasteiger charge is -2.36. The normalized spacial score (nSPS) is 15.4. The van der Waals surface area contributed by atoms with Crippen LogP contribution in [0.25, 0.3) is 0 Å². The average Bonchev–Trinajstić information content (AvgIpc) is 2.69. The van der Waals surface area contributed by atoms with Crippen molar-refractivity contribution in [2.75, 3.05) is 38.2 Å². The number of carbonyl (C=O) groups excluding carboxylic acids is 1. The second-order valence-electron chi connectivity index (χ2n) is 6.76. The molecule has 144 valence electrons. The highest BCUT2D eigenvalue weighted by Crippen LogP contribution is 2.29. The van der Waals surface area contributed by atoms with E-state index < -0.39 is 6.10 Å². The molecular formula is C20H26N4O3. The Morgan fingerprint density at radius 2 is 1.78 bits per heavy atom. The van der Waals surface area contributed by atoms with E-state index in [1.54, 1.807) is 14.0 Å². The summed E-state index contributed by atoms with van der Waals surface area (Å²) in [5.74, 6) is 2.04. The van der Waals surface area contributed by atoms with Crippen LogP contribution < -0.4 is 14.4 Å². The molecule has 0 saturated carbocycles. The van der Waals surface area contributed by atoms with E-state index in [0.717, 1.165) is 30.2 Å². The molecule has 1 aromatic heterocycles. The highest BCUT2D eigenvalue weighted by atomic mass is 16.5. The summed E-state index contributed by atoms with van der Waals surface area (Å²) in [4.78, 5) is 16.8. The topological polar surface area (TPSA) is 67.8 Å². The van der Waals surface area contributed by atoms with Crippen LogP contribution in [0.5, 0.6) is 11.5 Å². The van der Waals surface area contributed by atoms with Crippen LogP contribution in [0.3, 0.4) is 0 Å². The molecule has 7 heteroatoms. The highest BCUT2D eigenvalue weighted by molar-refractivity contribution is 5.81. The number of nitrogens with zero attached hydrogens (tertiary/aromatic N) is 4. The molecule has 27 heavy (non-hydrogen) atoms. The number of rotatable bonds is 5. The molecule has 1 saturated heterocycles. The largest absolute Gasteiger partial charge is 0.493 e. The molecule has 0 N–H and O–H groups in total. The van der Waals surface area contributed by atoms with Crippen LogP contribution in [0.15, 0.2) is 30.3 Å². The molecule has 1 unspecified atom stereocenters. The van der Waals surface area contributed by atoms with Crippen LogP contribution in [-0.4, -0.2) is 60.4 Å². The first-order valence-corrected chi connectivity index (χ1v) is 9.13. The monoisotopic (exact) mass is 370 g/mol. The number of aryl methyl sites for hydroxylation is 2. The summed E-state index contributed by atoms with van der Waals surface area (Å²) < 4.78 is 11.2. The van der Waals surface area contributed by atoms with Crippen LogP contribution in [0.4, 0.5) is 5.82 Å². The van der Waals surface area contributed by atoms with Crippen molar-refractivity contribution in [3.05, 3.63) is 41.6 Å². The minimum absolute atomic E-state index is 0.0210. The van der Waals surface area contributed by atoms with E-state index in [2.05, 4.69) is 15.1 Å². The first kappa shape index (κ1) is 18.9. The highest BCUT2D eigenvalue weighted by Gasteiger charge is 2.27. The van der Waals surface area contributed by atoms with Crippen LogP contribution in [-0.2, 0) is 4.79 Å². The van der Waals surface area contributed by atoms with Crippen molar-refractivity contribution in [2.24, 2.45) is 0 Å². The molecule has 7 nitrogen and oxygen atoms in total. The summed E-state index contributed by atoms with van der Waals surface area (Å²) in [7, 11) is 1.60. The lowest BCUT2D eigenvalue weighted by molar-refractivity contribution is -0.138. The molecule has 3 rings (SSSR count). The number of methoxy groups -OCH3 is 1. The fraction of sp³-hybridized carbons (Fsp3) is 0.450. The van der Waals surface area contributed by atoms with E-state index >= 15 is 0 Å². The zero-order valence-electron chi connectivity index (χ0n) is 16.3. The van der Waals surface area contributed by atoms with Gasteiger partial charge < -0.3 is 19.3 Å². The van der Waals surface area contributed by atoms with Gasteiger partial charge in [0.05, 0.1) is 12.8 Å². The Bertz CT molecular complexity index is 786. The third kappa shape index (κ3) is 4.48. The zero-order valence-corrected chi connectivity index (χ0v) is 16.3. The Morgan fingerprint density at radius 3 is 2.41 bits per heavy atom. The fourth-order valence-corrected chi connectivity index (χ4v) is 3.09. The van der Waals surface area contributed by atoms with Crippen molar-refractivity contribution in [1.29, 1.82) is 0 Å². The molecule has 1 amide bonds. The Morgan fingerprint density at radius 1 is 1.04 bits per heavy atom. The summed E-state index contributed by atoms with van der Waals surface area (Å²) in [5.41, 5.74) is 1.97. The van der Waals surface area contributed by atoms with E-state index in [9.17, 15) is 4.79 Å². The quantitative estimate of drug-likeness (QED) is 0.804. The van der Waals surface area contributed by atoms with Gasteiger partial charge in [0.25, 0.3) is 5.91 Å². The number of benzene rings is 1. The predicted octanol–water partition coefficient (Wildman–Crippen LogP) is 2.22. The van der Waals surface area contributed by atoms with E-state index in [-0.39, 0.29) is 5.91 Å². The van der Waals surface area contributed by atoms with Crippen molar-refractivity contribution in [2.45, 2.75) is 26.9 Å². The van der Waals surface area contributed by atoms with E-state index in [1.165, 1.54) is 0 Å². The Balaban J connectivity index is 1.58. The molecule has 2 aromatic rings. The number of amides is 1. The van der Waals surface area contributed by atoms with E-state index in [4.69, 9.17) is 9.47 Å². The van der Waals surface area contributed by atoms with Gasteiger partial charge in [-0.3, -0.25) is 4.79 Å². The van der Waals surface area contributed by atoms with E-state index in [1.807, 2.05) is 49.1 Å². The Kier molecular flexibility index (Phi) is 5.78. The van der Waals surface area contributed by atoms with Gasteiger partial charge in [0.2, 0.25) is 0 Å². The molecule has 1 fully saturated rings. The first-order chi connectivity index (χ1) is 13.0. The Hall–Kier alpha value is -2.83. The maximum atomic E-state index is 12.8. The Labute approximate surface area is 159 Å². The minimum Gasteiger partial charge on any atom is -0.493 e. The first-order valence-electron chi connectivity index (χ1n) is 9.13. The van der Waals surface area contributed by atoms with Crippen LogP contribution in [0.1, 0.15) is 18.2 Å². The van der Waals surface area contributed by atoms with Gasteiger partial charge in [-0.2, -0.15) is 5.10 Å². The van der Waals surface area contributed by atoms with Crippen molar-refractivity contribution < 1.29 is 14.3 Å². The standard InChI is InChI=1S/C20H26N4O3/c1-14-5-7-17(18(13-14)26-4)27-16(3)20(25)24-11-9-23(10-12-24)19-8-6-15(2)21-22-19/h5-8,13,16H,9-12H2,1-4H3. The molecular weight excluding hydrogens is 344 g/mol. The van der Waals surface area contributed by atoms with Crippen molar-refractivity contribution in [1.82, 2.24) is 15.1 Å². The van der Waals surface area contributed by atoms with Crippen LogP contribution in [0.2, 0.25) is 0 Å². The average molecular weight is 370 g/mol. The maximum absolute atomic E-state index is 12.8. The zero-order chi connectivity index (χ0) is 19.4. The number of ether oxygens (including phenoxy) is 2. The van der Waals surface area contributed by atoms with Gasteiger partial charge in [0.15, 0.2) is 23.4 Å². The number of piperazine rings is 1. The van der Waals surface area contributed by atoms with Gasteiger partial charge in [0.1, 0.15) is 0 Å². The van der Waals surface area contributed by atoms with Crippen LogP contribution in [0, 0.1) is 13.8 Å². The van der Waals surface area contributed by atoms with Crippen molar-refractivity contribution in [3.8, 4) is 11.5 Å². The smallest absolute Gasteiger partial charge is 0.263 e. The second-order valence-corrected chi connectivity index (χ2v) is 6.76. The van der Waals surface area contributed by atoms with Gasteiger partial charge in [0, 0.05) is 26.2 Å². The number of hydrogen-bond acceptors (Lipinski definition) is 6. The molecule has 1 atom stereocenters. The van der Waals surface area contributed by atoms with Gasteiger partial charge in [-0.25, -0.2) is 0 Å². The maximum Gasteiger partial charge on any atom is 0.263 e. The molecule has 0 bridgehead atoms.